The number of rotatable bonds is 1. The van der Waals surface area contributed by atoms with Crippen LogP contribution in [0.2, 0.25) is 0 Å². The largest absolute Gasteiger partial charge is 0.255 e. The lowest BCUT2D eigenvalue weighted by Gasteiger charge is -2.41. The summed E-state index contributed by atoms with van der Waals surface area (Å²) in [7, 11) is 0. The van der Waals surface area contributed by atoms with Gasteiger partial charge in [-0.25, -0.2) is 8.78 Å². The molecule has 1 aliphatic rings. The lowest BCUT2D eigenvalue weighted by molar-refractivity contribution is -0.163. The van der Waals surface area contributed by atoms with Crippen LogP contribution in [0.25, 0.3) is 0 Å². The van der Waals surface area contributed by atoms with Gasteiger partial charge in [0.1, 0.15) is 0 Å². The Labute approximate surface area is 67.0 Å². The Morgan fingerprint density at radius 2 is 1.55 bits per heavy atom. The van der Waals surface area contributed by atoms with Crippen LogP contribution in [0.4, 0.5) is 8.78 Å². The van der Waals surface area contributed by atoms with E-state index in [1.807, 2.05) is 0 Å². The minimum atomic E-state index is -2.47. The number of alkyl halides is 2. The number of hydrogen-bond acceptors (Lipinski definition) is 0. The lowest BCUT2D eigenvalue weighted by atomic mass is 9.71. The average Bonchev–Trinajstić information content (AvgIpc) is 1.53. The van der Waals surface area contributed by atoms with Crippen molar-refractivity contribution in [2.24, 2.45) is 11.3 Å². The van der Waals surface area contributed by atoms with Gasteiger partial charge >= 0.3 is 0 Å². The normalized spacial score (nSPS) is 21.5. The molecule has 0 unspecified atom stereocenters. The molecule has 0 N–H and O–H groups in total. The van der Waals surface area contributed by atoms with Crippen LogP contribution in [0, 0.1) is 11.3 Å². The summed E-state index contributed by atoms with van der Waals surface area (Å²) in [4.78, 5) is 0. The van der Waals surface area contributed by atoms with E-state index in [-0.39, 0.29) is 5.92 Å². The lowest BCUT2D eigenvalue weighted by Crippen LogP contribution is -2.44. The van der Waals surface area contributed by atoms with E-state index in [4.69, 9.17) is 0 Å². The molecular formula is C9H16F2. The van der Waals surface area contributed by atoms with Crippen molar-refractivity contribution >= 4 is 0 Å². The van der Waals surface area contributed by atoms with Crippen LogP contribution < -0.4 is 0 Å². The zero-order chi connectivity index (χ0) is 8.70. The third kappa shape index (κ3) is 1.40. The van der Waals surface area contributed by atoms with Gasteiger partial charge in [0.15, 0.2) is 0 Å². The van der Waals surface area contributed by atoms with Crippen molar-refractivity contribution in [1.29, 1.82) is 0 Å². The second-order valence-electron chi connectivity index (χ2n) is 4.50. The minimum absolute atomic E-state index is 0.345. The van der Waals surface area contributed by atoms with E-state index >= 15 is 0 Å². The fraction of sp³-hybridized carbons (Fsp3) is 1.00. The van der Waals surface area contributed by atoms with E-state index in [0.717, 1.165) is 6.42 Å². The molecule has 0 nitrogen and oxygen atoms in total. The second kappa shape index (κ2) is 2.43. The van der Waals surface area contributed by atoms with Crippen molar-refractivity contribution in [1.82, 2.24) is 0 Å². The van der Waals surface area contributed by atoms with Gasteiger partial charge < -0.3 is 0 Å². The van der Waals surface area contributed by atoms with E-state index < -0.39 is 11.3 Å². The summed E-state index contributed by atoms with van der Waals surface area (Å²) in [5.41, 5.74) is -0.863. The van der Waals surface area contributed by atoms with Crippen molar-refractivity contribution < 1.29 is 8.78 Å². The maximum Gasteiger partial charge on any atom is 0.255 e. The van der Waals surface area contributed by atoms with Crippen molar-refractivity contribution in [3.05, 3.63) is 0 Å². The topological polar surface area (TPSA) is 0 Å². The minimum Gasteiger partial charge on any atom is -0.206 e. The van der Waals surface area contributed by atoms with E-state index in [9.17, 15) is 8.78 Å². The predicted molar refractivity (Wildman–Crippen MR) is 41.7 cm³/mol. The summed E-state index contributed by atoms with van der Waals surface area (Å²) in [5.74, 6) is -2.81. The maximum absolute atomic E-state index is 13.4. The Balaban J connectivity index is 2.64. The van der Waals surface area contributed by atoms with Gasteiger partial charge in [-0.05, 0) is 12.8 Å². The summed E-state index contributed by atoms with van der Waals surface area (Å²) >= 11 is 0. The van der Waals surface area contributed by atoms with Crippen LogP contribution in [0.15, 0.2) is 0 Å². The fourth-order valence-electron chi connectivity index (χ4n) is 1.38. The van der Waals surface area contributed by atoms with Gasteiger partial charge in [0.25, 0.3) is 5.92 Å². The SMILES string of the molecule is CC(C)(C)C(F)(F)C1CCC1. The number of hydrogen-bond donors (Lipinski definition) is 0. The summed E-state index contributed by atoms with van der Waals surface area (Å²) < 4.78 is 26.8. The molecule has 11 heavy (non-hydrogen) atoms. The molecule has 0 aromatic rings. The van der Waals surface area contributed by atoms with Crippen LogP contribution in [-0.2, 0) is 0 Å². The Hall–Kier alpha value is -0.140. The Kier molecular flexibility index (Phi) is 1.97. The molecule has 0 heterocycles. The summed E-state index contributed by atoms with van der Waals surface area (Å²) in [6.45, 7) is 4.85. The molecule has 0 amide bonds. The van der Waals surface area contributed by atoms with Crippen LogP contribution in [0.5, 0.6) is 0 Å². The van der Waals surface area contributed by atoms with E-state index in [0.29, 0.717) is 12.8 Å². The highest BCUT2D eigenvalue weighted by molar-refractivity contribution is 4.91. The number of halogens is 2. The highest BCUT2D eigenvalue weighted by atomic mass is 19.3. The quantitative estimate of drug-likeness (QED) is 0.553. The van der Waals surface area contributed by atoms with Gasteiger partial charge in [0, 0.05) is 11.3 Å². The summed E-state index contributed by atoms with van der Waals surface area (Å²) in [5, 5.41) is 0. The first kappa shape index (κ1) is 8.95. The van der Waals surface area contributed by atoms with Gasteiger partial charge in [-0.3, -0.25) is 0 Å². The highest BCUT2D eigenvalue weighted by Crippen LogP contribution is 2.49. The van der Waals surface area contributed by atoms with Crippen molar-refractivity contribution in [3.63, 3.8) is 0 Å². The molecule has 0 atom stereocenters. The predicted octanol–water partition coefficient (Wildman–Crippen LogP) is 3.47. The van der Waals surface area contributed by atoms with Gasteiger partial charge in [-0.15, -0.1) is 0 Å². The third-order valence-corrected chi connectivity index (χ3v) is 2.62. The Bertz CT molecular complexity index is 140. The van der Waals surface area contributed by atoms with E-state index in [1.165, 1.54) is 0 Å². The average molecular weight is 162 g/mol. The molecule has 1 fully saturated rings. The summed E-state index contributed by atoms with van der Waals surface area (Å²) in [6, 6.07) is 0. The molecule has 66 valence electrons. The molecule has 1 aliphatic carbocycles. The Morgan fingerprint density at radius 1 is 1.09 bits per heavy atom. The van der Waals surface area contributed by atoms with E-state index in [1.54, 1.807) is 20.8 Å². The molecule has 0 aliphatic heterocycles. The van der Waals surface area contributed by atoms with E-state index in [2.05, 4.69) is 0 Å². The second-order valence-corrected chi connectivity index (χ2v) is 4.50. The van der Waals surface area contributed by atoms with Crippen molar-refractivity contribution in [2.75, 3.05) is 0 Å². The summed E-state index contributed by atoms with van der Waals surface area (Å²) in [6.07, 6.45) is 2.41. The maximum atomic E-state index is 13.4. The fourth-order valence-corrected chi connectivity index (χ4v) is 1.38. The molecule has 1 rings (SSSR count). The molecule has 0 bridgehead atoms. The smallest absolute Gasteiger partial charge is 0.206 e. The zero-order valence-electron chi connectivity index (χ0n) is 7.45. The van der Waals surface area contributed by atoms with Crippen LogP contribution in [0.1, 0.15) is 40.0 Å². The monoisotopic (exact) mass is 162 g/mol. The molecule has 1 saturated carbocycles. The molecule has 0 radical (unpaired) electrons. The molecule has 2 heteroatoms. The molecule has 0 saturated heterocycles. The molecule has 0 aromatic carbocycles. The first-order valence-electron chi connectivity index (χ1n) is 4.23. The van der Waals surface area contributed by atoms with Gasteiger partial charge in [-0.2, -0.15) is 0 Å². The van der Waals surface area contributed by atoms with Gasteiger partial charge in [0.2, 0.25) is 0 Å². The van der Waals surface area contributed by atoms with Crippen LogP contribution in [-0.4, -0.2) is 5.92 Å². The highest BCUT2D eigenvalue weighted by Gasteiger charge is 2.51. The van der Waals surface area contributed by atoms with Gasteiger partial charge in [-0.1, -0.05) is 27.2 Å². The van der Waals surface area contributed by atoms with Crippen molar-refractivity contribution in [3.8, 4) is 0 Å². The zero-order valence-corrected chi connectivity index (χ0v) is 7.45. The molecule has 0 aromatic heterocycles. The molecule has 0 spiro atoms. The van der Waals surface area contributed by atoms with Crippen LogP contribution >= 0.6 is 0 Å². The Morgan fingerprint density at radius 3 is 1.64 bits per heavy atom. The molecular weight excluding hydrogens is 146 g/mol. The first-order chi connectivity index (χ1) is 4.86. The van der Waals surface area contributed by atoms with Crippen LogP contribution in [0.3, 0.4) is 0 Å². The van der Waals surface area contributed by atoms with Gasteiger partial charge in [0.05, 0.1) is 0 Å². The standard InChI is InChI=1S/C9H16F2/c1-8(2,3)9(10,11)7-5-4-6-7/h7H,4-6H2,1-3H3. The first-order valence-corrected chi connectivity index (χ1v) is 4.23. The van der Waals surface area contributed by atoms with Crippen molar-refractivity contribution in [2.45, 2.75) is 46.0 Å². The third-order valence-electron chi connectivity index (χ3n) is 2.62.